The van der Waals surface area contributed by atoms with E-state index in [1.54, 1.807) is 17.0 Å². The maximum atomic E-state index is 12.1. The van der Waals surface area contributed by atoms with E-state index in [0.717, 1.165) is 12.1 Å². The number of likely N-dealkylation sites (N-methyl/N-ethyl adjacent to an activating group) is 1. The molecule has 0 bridgehead atoms. The van der Waals surface area contributed by atoms with Gasteiger partial charge in [0.25, 0.3) is 0 Å². The van der Waals surface area contributed by atoms with E-state index >= 15 is 0 Å². The summed E-state index contributed by atoms with van der Waals surface area (Å²) in [7, 11) is 3.88. The van der Waals surface area contributed by atoms with Gasteiger partial charge in [-0.05, 0) is 31.8 Å². The van der Waals surface area contributed by atoms with Crippen LogP contribution in [0.3, 0.4) is 0 Å². The van der Waals surface area contributed by atoms with Crippen molar-refractivity contribution in [1.29, 1.82) is 0 Å². The molecule has 0 radical (unpaired) electrons. The lowest BCUT2D eigenvalue weighted by atomic mass is 10.2. The number of carbonyl (C=O) groups excluding carboxylic acids is 2. The lowest BCUT2D eigenvalue weighted by Gasteiger charge is -2.24. The van der Waals surface area contributed by atoms with Crippen LogP contribution in [0.5, 0.6) is 0 Å². The fraction of sp³-hybridized carbons (Fsp3) is 0.467. The summed E-state index contributed by atoms with van der Waals surface area (Å²) < 4.78 is 0. The summed E-state index contributed by atoms with van der Waals surface area (Å²) >= 11 is 13.5. The second-order valence-electron chi connectivity index (χ2n) is 5.51. The summed E-state index contributed by atoms with van der Waals surface area (Å²) in [5, 5.41) is 3.53. The summed E-state index contributed by atoms with van der Waals surface area (Å²) in [5.74, 6) is 0.150. The summed E-state index contributed by atoms with van der Waals surface area (Å²) in [4.78, 5) is 27.7. The number of benzene rings is 1. The zero-order valence-corrected chi connectivity index (χ0v) is 15.3. The number of amides is 2. The molecule has 1 fully saturated rings. The first-order chi connectivity index (χ1) is 10.9. The van der Waals surface area contributed by atoms with Crippen LogP contribution in [-0.2, 0) is 9.59 Å². The highest BCUT2D eigenvalue weighted by molar-refractivity contribution is 8.00. The quantitative estimate of drug-likeness (QED) is 0.828. The van der Waals surface area contributed by atoms with E-state index in [0.29, 0.717) is 22.3 Å². The standard InChI is InChI=1S/C15H19Cl2N3O2S/c1-19(2)6-5-18-13(21)8-20-14(22)9-23-15(20)10-3-4-11(16)12(17)7-10/h3-4,7,15H,5-6,8-9H2,1-2H3,(H,18,21)/t15-/m1/s1. The van der Waals surface area contributed by atoms with E-state index in [-0.39, 0.29) is 23.7 Å². The molecule has 5 nitrogen and oxygen atoms in total. The number of halogens is 2. The van der Waals surface area contributed by atoms with E-state index in [2.05, 4.69) is 5.32 Å². The molecule has 1 saturated heterocycles. The lowest BCUT2D eigenvalue weighted by molar-refractivity contribution is -0.133. The van der Waals surface area contributed by atoms with Crippen molar-refractivity contribution < 1.29 is 9.59 Å². The summed E-state index contributed by atoms with van der Waals surface area (Å²) in [6.45, 7) is 1.35. The van der Waals surface area contributed by atoms with Gasteiger partial charge < -0.3 is 15.1 Å². The molecule has 1 aromatic carbocycles. The molecule has 126 valence electrons. The monoisotopic (exact) mass is 375 g/mol. The van der Waals surface area contributed by atoms with Crippen LogP contribution in [0.15, 0.2) is 18.2 Å². The maximum absolute atomic E-state index is 12.1. The van der Waals surface area contributed by atoms with Crippen LogP contribution in [0, 0.1) is 0 Å². The lowest BCUT2D eigenvalue weighted by Crippen LogP contribution is -2.41. The van der Waals surface area contributed by atoms with Gasteiger partial charge in [-0.2, -0.15) is 0 Å². The zero-order valence-electron chi connectivity index (χ0n) is 13.0. The molecular formula is C15H19Cl2N3O2S. The molecule has 0 spiro atoms. The number of carbonyl (C=O) groups is 2. The third-order valence-electron chi connectivity index (χ3n) is 3.39. The van der Waals surface area contributed by atoms with Crippen molar-refractivity contribution in [1.82, 2.24) is 15.1 Å². The normalized spacial score (nSPS) is 17.9. The number of nitrogens with zero attached hydrogens (tertiary/aromatic N) is 2. The zero-order chi connectivity index (χ0) is 17.0. The van der Waals surface area contributed by atoms with Gasteiger partial charge in [0.15, 0.2) is 0 Å². The Morgan fingerprint density at radius 1 is 1.39 bits per heavy atom. The minimum absolute atomic E-state index is 0.0458. The highest BCUT2D eigenvalue weighted by Gasteiger charge is 2.34. The fourth-order valence-corrected chi connectivity index (χ4v) is 3.68. The van der Waals surface area contributed by atoms with Crippen molar-refractivity contribution in [2.45, 2.75) is 5.37 Å². The van der Waals surface area contributed by atoms with E-state index in [1.165, 1.54) is 11.8 Å². The highest BCUT2D eigenvalue weighted by Crippen LogP contribution is 2.40. The fourth-order valence-electron chi connectivity index (χ4n) is 2.20. The summed E-state index contributed by atoms with van der Waals surface area (Å²) in [6, 6.07) is 5.29. The predicted octanol–water partition coefficient (Wildman–Crippen LogP) is 2.25. The van der Waals surface area contributed by atoms with Crippen molar-refractivity contribution in [2.75, 3.05) is 39.5 Å². The Bertz CT molecular complexity index is 598. The van der Waals surface area contributed by atoms with Crippen LogP contribution in [0.2, 0.25) is 10.0 Å². The van der Waals surface area contributed by atoms with Gasteiger partial charge in [-0.25, -0.2) is 0 Å². The van der Waals surface area contributed by atoms with Gasteiger partial charge in [0, 0.05) is 13.1 Å². The van der Waals surface area contributed by atoms with Crippen molar-refractivity contribution in [3.8, 4) is 0 Å². The van der Waals surface area contributed by atoms with Gasteiger partial charge >= 0.3 is 0 Å². The molecular weight excluding hydrogens is 357 g/mol. The van der Waals surface area contributed by atoms with Crippen LogP contribution < -0.4 is 5.32 Å². The maximum Gasteiger partial charge on any atom is 0.239 e. The van der Waals surface area contributed by atoms with Gasteiger partial charge in [0.05, 0.1) is 15.8 Å². The Hall–Kier alpha value is -0.950. The SMILES string of the molecule is CN(C)CCNC(=O)CN1C(=O)CS[C@@H]1c1ccc(Cl)c(Cl)c1. The number of nitrogens with one attached hydrogen (secondary N) is 1. The average Bonchev–Trinajstić information content (AvgIpc) is 2.83. The first-order valence-corrected chi connectivity index (χ1v) is 8.96. The van der Waals surface area contributed by atoms with Crippen molar-refractivity contribution in [2.24, 2.45) is 0 Å². The first kappa shape index (κ1) is 18.4. The molecule has 1 aliphatic heterocycles. The van der Waals surface area contributed by atoms with Gasteiger partial charge in [0.2, 0.25) is 11.8 Å². The Morgan fingerprint density at radius 2 is 2.13 bits per heavy atom. The molecule has 1 N–H and O–H groups in total. The van der Waals surface area contributed by atoms with Gasteiger partial charge in [-0.15, -0.1) is 11.8 Å². The largest absolute Gasteiger partial charge is 0.353 e. The second kappa shape index (κ2) is 8.24. The molecule has 1 aromatic rings. The third-order valence-corrected chi connectivity index (χ3v) is 5.39. The Labute approximate surface area is 150 Å². The van der Waals surface area contributed by atoms with E-state index in [4.69, 9.17) is 23.2 Å². The predicted molar refractivity (Wildman–Crippen MR) is 94.9 cm³/mol. The van der Waals surface area contributed by atoms with Crippen LogP contribution >= 0.6 is 35.0 Å². The highest BCUT2D eigenvalue weighted by atomic mass is 35.5. The molecule has 0 saturated carbocycles. The van der Waals surface area contributed by atoms with Crippen LogP contribution in [0.4, 0.5) is 0 Å². The van der Waals surface area contributed by atoms with Crippen LogP contribution in [0.25, 0.3) is 0 Å². The van der Waals surface area contributed by atoms with E-state index in [9.17, 15) is 9.59 Å². The second-order valence-corrected chi connectivity index (χ2v) is 7.39. The minimum Gasteiger partial charge on any atom is -0.353 e. The molecule has 1 aliphatic rings. The van der Waals surface area contributed by atoms with E-state index in [1.807, 2.05) is 25.1 Å². The topological polar surface area (TPSA) is 52.7 Å². The molecule has 0 unspecified atom stereocenters. The molecule has 1 heterocycles. The molecule has 2 amide bonds. The molecule has 8 heteroatoms. The smallest absolute Gasteiger partial charge is 0.239 e. The minimum atomic E-state index is -0.211. The first-order valence-electron chi connectivity index (χ1n) is 7.16. The molecule has 23 heavy (non-hydrogen) atoms. The van der Waals surface area contributed by atoms with Gasteiger partial charge in [0.1, 0.15) is 11.9 Å². The number of hydrogen-bond acceptors (Lipinski definition) is 4. The van der Waals surface area contributed by atoms with Crippen molar-refractivity contribution in [3.63, 3.8) is 0 Å². The summed E-state index contributed by atoms with van der Waals surface area (Å²) in [5.41, 5.74) is 0.872. The molecule has 0 aromatic heterocycles. The van der Waals surface area contributed by atoms with Crippen LogP contribution in [-0.4, -0.2) is 61.1 Å². The Balaban J connectivity index is 2.01. The van der Waals surface area contributed by atoms with Crippen molar-refractivity contribution >= 4 is 46.8 Å². The van der Waals surface area contributed by atoms with Crippen LogP contribution in [0.1, 0.15) is 10.9 Å². The third kappa shape index (κ3) is 5.01. The Kier molecular flexibility index (Phi) is 6.59. The number of hydrogen-bond donors (Lipinski definition) is 1. The number of rotatable bonds is 6. The van der Waals surface area contributed by atoms with Gasteiger partial charge in [-0.1, -0.05) is 29.3 Å². The Morgan fingerprint density at radius 3 is 2.78 bits per heavy atom. The van der Waals surface area contributed by atoms with Crippen molar-refractivity contribution in [3.05, 3.63) is 33.8 Å². The summed E-state index contributed by atoms with van der Waals surface area (Å²) in [6.07, 6.45) is 0. The van der Waals surface area contributed by atoms with Gasteiger partial charge in [-0.3, -0.25) is 9.59 Å². The van der Waals surface area contributed by atoms with E-state index < -0.39 is 0 Å². The average molecular weight is 376 g/mol. The number of thioether (sulfide) groups is 1. The molecule has 1 atom stereocenters. The molecule has 0 aliphatic carbocycles. The molecule has 2 rings (SSSR count).